The second kappa shape index (κ2) is 7.51. The van der Waals surface area contributed by atoms with E-state index in [2.05, 4.69) is 71.5 Å². The van der Waals surface area contributed by atoms with E-state index in [1.54, 1.807) is 7.11 Å². The van der Waals surface area contributed by atoms with Crippen molar-refractivity contribution in [3.8, 4) is 5.75 Å². The standard InChI is InChI=1S/C18H22BrNO/c1-13(2)9-18(14-7-5-4-6-8-14)20-16-10-15(19)11-17(12-16)21-3/h4-8,10-13,18,20H,9H2,1-3H3. The zero-order chi connectivity index (χ0) is 15.2. The van der Waals surface area contributed by atoms with Gasteiger partial charge in [0.15, 0.2) is 0 Å². The summed E-state index contributed by atoms with van der Waals surface area (Å²) in [7, 11) is 1.69. The molecule has 0 radical (unpaired) electrons. The van der Waals surface area contributed by atoms with E-state index >= 15 is 0 Å². The van der Waals surface area contributed by atoms with Crippen LogP contribution in [0.25, 0.3) is 0 Å². The summed E-state index contributed by atoms with van der Waals surface area (Å²) in [6.45, 7) is 4.50. The molecule has 0 aromatic heterocycles. The molecule has 0 aliphatic heterocycles. The number of hydrogen-bond acceptors (Lipinski definition) is 2. The summed E-state index contributed by atoms with van der Waals surface area (Å²) in [5.41, 5.74) is 2.38. The average Bonchev–Trinajstić information content (AvgIpc) is 2.46. The summed E-state index contributed by atoms with van der Waals surface area (Å²) >= 11 is 3.53. The van der Waals surface area contributed by atoms with Crippen LogP contribution in [-0.4, -0.2) is 7.11 Å². The topological polar surface area (TPSA) is 21.3 Å². The van der Waals surface area contributed by atoms with E-state index < -0.39 is 0 Å². The number of benzene rings is 2. The molecule has 0 spiro atoms. The molecule has 2 aromatic rings. The van der Waals surface area contributed by atoms with Crippen molar-refractivity contribution in [2.45, 2.75) is 26.3 Å². The van der Waals surface area contributed by atoms with Crippen molar-refractivity contribution < 1.29 is 4.74 Å². The first-order valence-corrected chi connectivity index (χ1v) is 8.04. The number of ether oxygens (including phenoxy) is 1. The highest BCUT2D eigenvalue weighted by molar-refractivity contribution is 9.10. The van der Waals surface area contributed by atoms with E-state index in [0.717, 1.165) is 22.3 Å². The third kappa shape index (κ3) is 4.78. The van der Waals surface area contributed by atoms with Crippen LogP contribution in [0.5, 0.6) is 5.75 Å². The maximum absolute atomic E-state index is 5.33. The Balaban J connectivity index is 2.24. The SMILES string of the molecule is COc1cc(Br)cc(NC(CC(C)C)c2ccccc2)c1. The summed E-state index contributed by atoms with van der Waals surface area (Å²) in [5.74, 6) is 1.47. The summed E-state index contributed by atoms with van der Waals surface area (Å²) in [6, 6.07) is 17.0. The Hall–Kier alpha value is -1.48. The summed E-state index contributed by atoms with van der Waals surface area (Å²) in [4.78, 5) is 0. The first-order chi connectivity index (χ1) is 10.1. The van der Waals surface area contributed by atoms with E-state index in [9.17, 15) is 0 Å². The Morgan fingerprint density at radius 3 is 2.43 bits per heavy atom. The van der Waals surface area contributed by atoms with Gasteiger partial charge in [-0.05, 0) is 30.0 Å². The molecule has 2 nitrogen and oxygen atoms in total. The first kappa shape index (κ1) is 15.9. The molecule has 3 heteroatoms. The van der Waals surface area contributed by atoms with E-state index in [1.165, 1.54) is 5.56 Å². The number of nitrogens with one attached hydrogen (secondary N) is 1. The van der Waals surface area contributed by atoms with Gasteiger partial charge in [0.05, 0.1) is 13.2 Å². The van der Waals surface area contributed by atoms with Gasteiger partial charge in [-0.15, -0.1) is 0 Å². The second-order valence-electron chi connectivity index (χ2n) is 5.62. The molecular weight excluding hydrogens is 326 g/mol. The Morgan fingerprint density at radius 1 is 1.10 bits per heavy atom. The third-order valence-corrected chi connectivity index (χ3v) is 3.81. The fourth-order valence-electron chi connectivity index (χ4n) is 2.40. The van der Waals surface area contributed by atoms with Gasteiger partial charge in [0.25, 0.3) is 0 Å². The van der Waals surface area contributed by atoms with E-state index in [-0.39, 0.29) is 0 Å². The third-order valence-electron chi connectivity index (χ3n) is 3.36. The second-order valence-corrected chi connectivity index (χ2v) is 6.53. The normalized spacial score (nSPS) is 12.2. The van der Waals surface area contributed by atoms with Crippen molar-refractivity contribution in [1.82, 2.24) is 0 Å². The van der Waals surface area contributed by atoms with E-state index in [1.807, 2.05) is 12.1 Å². The average molecular weight is 348 g/mol. The highest BCUT2D eigenvalue weighted by Gasteiger charge is 2.13. The van der Waals surface area contributed by atoms with Crippen molar-refractivity contribution in [2.24, 2.45) is 5.92 Å². The summed E-state index contributed by atoms with van der Waals surface area (Å²) < 4.78 is 6.35. The number of rotatable bonds is 6. The fourth-order valence-corrected chi connectivity index (χ4v) is 2.87. The van der Waals surface area contributed by atoms with Gasteiger partial charge in [-0.3, -0.25) is 0 Å². The lowest BCUT2D eigenvalue weighted by atomic mass is 9.97. The molecule has 2 rings (SSSR count). The lowest BCUT2D eigenvalue weighted by molar-refractivity contribution is 0.414. The van der Waals surface area contributed by atoms with Crippen LogP contribution in [-0.2, 0) is 0 Å². The molecule has 2 aromatic carbocycles. The molecule has 112 valence electrons. The van der Waals surface area contributed by atoms with Crippen LogP contribution in [0, 0.1) is 5.92 Å². The largest absolute Gasteiger partial charge is 0.497 e. The van der Waals surface area contributed by atoms with Crippen LogP contribution >= 0.6 is 15.9 Å². The van der Waals surface area contributed by atoms with Gasteiger partial charge >= 0.3 is 0 Å². The predicted octanol–water partition coefficient (Wildman–Crippen LogP) is 5.66. The minimum absolute atomic E-state index is 0.296. The molecular formula is C18H22BrNO. The maximum Gasteiger partial charge on any atom is 0.122 e. The molecule has 0 bridgehead atoms. The highest BCUT2D eigenvalue weighted by atomic mass is 79.9. The number of methoxy groups -OCH3 is 1. The first-order valence-electron chi connectivity index (χ1n) is 7.24. The van der Waals surface area contributed by atoms with E-state index in [4.69, 9.17) is 4.74 Å². The molecule has 0 fully saturated rings. The minimum Gasteiger partial charge on any atom is -0.497 e. The van der Waals surface area contributed by atoms with Gasteiger partial charge in [0.2, 0.25) is 0 Å². The molecule has 0 aliphatic rings. The minimum atomic E-state index is 0.296. The zero-order valence-corrected chi connectivity index (χ0v) is 14.4. The lowest BCUT2D eigenvalue weighted by Crippen LogP contribution is -2.13. The smallest absolute Gasteiger partial charge is 0.122 e. The molecule has 21 heavy (non-hydrogen) atoms. The van der Waals surface area contributed by atoms with Crippen LogP contribution in [0.3, 0.4) is 0 Å². The molecule has 1 atom stereocenters. The van der Waals surface area contributed by atoms with Gasteiger partial charge < -0.3 is 10.1 Å². The van der Waals surface area contributed by atoms with Crippen molar-refractivity contribution in [1.29, 1.82) is 0 Å². The quantitative estimate of drug-likeness (QED) is 0.728. The van der Waals surface area contributed by atoms with Gasteiger partial charge in [-0.1, -0.05) is 60.1 Å². The van der Waals surface area contributed by atoms with E-state index in [0.29, 0.717) is 12.0 Å². The fraction of sp³-hybridized carbons (Fsp3) is 0.333. The van der Waals surface area contributed by atoms with Gasteiger partial charge in [-0.25, -0.2) is 0 Å². The molecule has 1 unspecified atom stereocenters. The van der Waals surface area contributed by atoms with Gasteiger partial charge in [-0.2, -0.15) is 0 Å². The van der Waals surface area contributed by atoms with Crippen molar-refractivity contribution in [3.05, 3.63) is 58.6 Å². The summed E-state index contributed by atoms with van der Waals surface area (Å²) in [6.07, 6.45) is 1.08. The van der Waals surface area contributed by atoms with Crippen LogP contribution in [0.15, 0.2) is 53.0 Å². The Morgan fingerprint density at radius 2 is 1.81 bits per heavy atom. The van der Waals surface area contributed by atoms with Crippen LogP contribution in [0.1, 0.15) is 31.9 Å². The monoisotopic (exact) mass is 347 g/mol. The molecule has 0 heterocycles. The highest BCUT2D eigenvalue weighted by Crippen LogP contribution is 2.30. The predicted molar refractivity (Wildman–Crippen MR) is 93.0 cm³/mol. The Labute approximate surface area is 135 Å². The van der Waals surface area contributed by atoms with Crippen molar-refractivity contribution in [3.63, 3.8) is 0 Å². The summed E-state index contributed by atoms with van der Waals surface area (Å²) in [5, 5.41) is 3.63. The Bertz CT molecular complexity index is 569. The lowest BCUT2D eigenvalue weighted by Gasteiger charge is -2.23. The van der Waals surface area contributed by atoms with Gasteiger partial charge in [0, 0.05) is 16.2 Å². The van der Waals surface area contributed by atoms with Crippen LogP contribution in [0.2, 0.25) is 0 Å². The van der Waals surface area contributed by atoms with Crippen molar-refractivity contribution >= 4 is 21.6 Å². The molecule has 0 aliphatic carbocycles. The number of anilines is 1. The molecule has 0 amide bonds. The molecule has 0 saturated carbocycles. The number of halogens is 1. The van der Waals surface area contributed by atoms with Crippen LogP contribution < -0.4 is 10.1 Å². The maximum atomic E-state index is 5.33. The number of hydrogen-bond donors (Lipinski definition) is 1. The molecule has 0 saturated heterocycles. The van der Waals surface area contributed by atoms with Crippen LogP contribution in [0.4, 0.5) is 5.69 Å². The molecule has 1 N–H and O–H groups in total. The van der Waals surface area contributed by atoms with Gasteiger partial charge in [0.1, 0.15) is 5.75 Å². The van der Waals surface area contributed by atoms with Crippen molar-refractivity contribution in [2.75, 3.05) is 12.4 Å². The Kier molecular flexibility index (Phi) is 5.68. The zero-order valence-electron chi connectivity index (χ0n) is 12.8.